The second-order valence-corrected chi connectivity index (χ2v) is 9.40. The van der Waals surface area contributed by atoms with Gasteiger partial charge in [0.15, 0.2) is 5.65 Å². The molecule has 0 atom stereocenters. The van der Waals surface area contributed by atoms with Crippen LogP contribution in [0, 0.1) is 0 Å². The third-order valence-corrected chi connectivity index (χ3v) is 6.80. The number of pyridine rings is 1. The Morgan fingerprint density at radius 3 is 2.51 bits per heavy atom. The lowest BCUT2D eigenvalue weighted by molar-refractivity contribution is 0.313. The van der Waals surface area contributed by atoms with Crippen molar-refractivity contribution in [2.45, 2.75) is 6.54 Å². The zero-order chi connectivity index (χ0) is 26.8. The summed E-state index contributed by atoms with van der Waals surface area (Å²) < 4.78 is 3.31. The third-order valence-electron chi connectivity index (χ3n) is 6.80. The fourth-order valence-corrected chi connectivity index (χ4v) is 4.72. The Kier molecular flexibility index (Phi) is 6.55. The van der Waals surface area contributed by atoms with Gasteiger partial charge in [0, 0.05) is 67.9 Å². The smallest absolute Gasteiger partial charge is 0.278 e. The molecule has 1 fully saturated rings. The van der Waals surface area contributed by atoms with E-state index in [2.05, 4.69) is 60.8 Å². The molecule has 5 heterocycles. The second-order valence-electron chi connectivity index (χ2n) is 9.40. The van der Waals surface area contributed by atoms with Crippen LogP contribution in [-0.2, 0) is 6.54 Å². The highest BCUT2D eigenvalue weighted by atomic mass is 16.1. The van der Waals surface area contributed by atoms with Crippen molar-refractivity contribution in [1.29, 1.82) is 0 Å². The molecule has 39 heavy (non-hydrogen) atoms. The molecule has 1 aliphatic heterocycles. The van der Waals surface area contributed by atoms with Crippen molar-refractivity contribution in [3.63, 3.8) is 0 Å². The molecule has 1 aliphatic rings. The summed E-state index contributed by atoms with van der Waals surface area (Å²) in [6.07, 6.45) is 11.5. The monoisotopic (exact) mass is 520 g/mol. The van der Waals surface area contributed by atoms with Crippen LogP contribution in [-0.4, -0.2) is 72.4 Å². The zero-order valence-corrected chi connectivity index (χ0v) is 21.6. The summed E-state index contributed by atoms with van der Waals surface area (Å²) in [5, 5.41) is 3.68. The molecule has 4 aromatic heterocycles. The van der Waals surface area contributed by atoms with E-state index >= 15 is 0 Å². The lowest BCUT2D eigenvalue weighted by atomic mass is 10.2. The molecule has 11 heteroatoms. The van der Waals surface area contributed by atoms with Crippen LogP contribution in [0.4, 0.5) is 17.3 Å². The van der Waals surface area contributed by atoms with Crippen molar-refractivity contribution in [2.24, 2.45) is 0 Å². The first-order valence-corrected chi connectivity index (χ1v) is 12.7. The van der Waals surface area contributed by atoms with Crippen LogP contribution in [0.15, 0.2) is 85.0 Å². The van der Waals surface area contributed by atoms with Crippen molar-refractivity contribution >= 4 is 28.4 Å². The second kappa shape index (κ2) is 10.5. The number of likely N-dealkylation sites (N-methyl/N-ethyl adjacent to an activating group) is 1. The van der Waals surface area contributed by atoms with Crippen LogP contribution < -0.4 is 15.8 Å². The Labute approximate surface area is 225 Å². The number of anilines is 3. The average molecular weight is 521 g/mol. The molecule has 6 rings (SSSR count). The predicted molar refractivity (Wildman–Crippen MR) is 152 cm³/mol. The lowest BCUT2D eigenvalue weighted by Crippen LogP contribution is -2.44. The summed E-state index contributed by atoms with van der Waals surface area (Å²) in [6, 6.07) is 10.2. The highest BCUT2D eigenvalue weighted by Gasteiger charge is 2.18. The molecule has 0 spiro atoms. The first-order chi connectivity index (χ1) is 19.1. The molecule has 1 saturated heterocycles. The first-order valence-electron chi connectivity index (χ1n) is 12.7. The SMILES string of the molecule is C=CCn1c(=O)c2cnc(Nc3ccc(N4CCN(C)CC4)cc3)nc2n1-c1cncc(-c2cnccn2)c1. The van der Waals surface area contributed by atoms with Gasteiger partial charge in [-0.3, -0.25) is 19.7 Å². The van der Waals surface area contributed by atoms with Crippen LogP contribution in [0.3, 0.4) is 0 Å². The largest absolute Gasteiger partial charge is 0.369 e. The molecule has 0 aliphatic carbocycles. The van der Waals surface area contributed by atoms with Gasteiger partial charge >= 0.3 is 0 Å². The van der Waals surface area contributed by atoms with E-state index in [0.717, 1.165) is 37.4 Å². The maximum atomic E-state index is 13.3. The van der Waals surface area contributed by atoms with Gasteiger partial charge in [0.05, 0.1) is 30.3 Å². The van der Waals surface area contributed by atoms with Gasteiger partial charge in [0.1, 0.15) is 5.39 Å². The molecule has 0 radical (unpaired) electrons. The molecular weight excluding hydrogens is 492 g/mol. The molecule has 0 amide bonds. The highest BCUT2D eigenvalue weighted by molar-refractivity contribution is 5.78. The van der Waals surface area contributed by atoms with E-state index in [1.807, 2.05) is 18.2 Å². The first kappa shape index (κ1) is 24.4. The topological polar surface area (TPSA) is 110 Å². The van der Waals surface area contributed by atoms with Crippen LogP contribution in [0.2, 0.25) is 0 Å². The molecule has 5 aromatic rings. The fourth-order valence-electron chi connectivity index (χ4n) is 4.72. The molecule has 1 aromatic carbocycles. The quantitative estimate of drug-likeness (QED) is 0.324. The Balaban J connectivity index is 1.35. The van der Waals surface area contributed by atoms with Gasteiger partial charge < -0.3 is 15.1 Å². The predicted octanol–water partition coefficient (Wildman–Crippen LogP) is 3.12. The van der Waals surface area contributed by atoms with E-state index in [-0.39, 0.29) is 5.56 Å². The third kappa shape index (κ3) is 4.87. The van der Waals surface area contributed by atoms with Gasteiger partial charge in [0.2, 0.25) is 5.95 Å². The van der Waals surface area contributed by atoms with Gasteiger partial charge in [-0.25, -0.2) is 14.3 Å². The maximum Gasteiger partial charge on any atom is 0.278 e. The van der Waals surface area contributed by atoms with Gasteiger partial charge in [-0.15, -0.1) is 6.58 Å². The molecule has 1 N–H and O–H groups in total. The molecule has 0 bridgehead atoms. The molecular formula is C28H28N10O. The summed E-state index contributed by atoms with van der Waals surface area (Å²) in [6.45, 7) is 8.24. The van der Waals surface area contributed by atoms with Gasteiger partial charge in [-0.2, -0.15) is 4.98 Å². The van der Waals surface area contributed by atoms with Crippen molar-refractivity contribution in [3.05, 3.63) is 90.5 Å². The van der Waals surface area contributed by atoms with Crippen molar-refractivity contribution in [2.75, 3.05) is 43.4 Å². The number of allylic oxidation sites excluding steroid dienone is 1. The van der Waals surface area contributed by atoms with E-state index in [4.69, 9.17) is 4.98 Å². The Morgan fingerprint density at radius 1 is 0.949 bits per heavy atom. The number of nitrogens with one attached hydrogen (secondary N) is 1. The number of nitrogens with zero attached hydrogens (tertiary/aromatic N) is 9. The zero-order valence-electron chi connectivity index (χ0n) is 21.6. The summed E-state index contributed by atoms with van der Waals surface area (Å²) in [5.41, 5.74) is 4.41. The molecule has 0 saturated carbocycles. The number of hydrogen-bond donors (Lipinski definition) is 1. The van der Waals surface area contributed by atoms with E-state index in [0.29, 0.717) is 34.9 Å². The molecule has 196 valence electrons. The van der Waals surface area contributed by atoms with E-state index in [1.54, 1.807) is 52.6 Å². The van der Waals surface area contributed by atoms with Crippen LogP contribution in [0.5, 0.6) is 0 Å². The summed E-state index contributed by atoms with van der Waals surface area (Å²) in [4.78, 5) is 40.1. The number of rotatable bonds is 7. The number of piperazine rings is 1. The minimum Gasteiger partial charge on any atom is -0.369 e. The Hall–Kier alpha value is -4.90. The lowest BCUT2D eigenvalue weighted by Gasteiger charge is -2.34. The van der Waals surface area contributed by atoms with Crippen LogP contribution >= 0.6 is 0 Å². The fraction of sp³-hybridized carbons (Fsp3) is 0.214. The van der Waals surface area contributed by atoms with Gasteiger partial charge in [0.25, 0.3) is 5.56 Å². The summed E-state index contributed by atoms with van der Waals surface area (Å²) in [5.74, 6) is 0.386. The molecule has 11 nitrogen and oxygen atoms in total. The Morgan fingerprint density at radius 2 is 1.77 bits per heavy atom. The number of fused-ring (bicyclic) bond motifs is 1. The number of benzene rings is 1. The van der Waals surface area contributed by atoms with Crippen LogP contribution in [0.25, 0.3) is 28.0 Å². The van der Waals surface area contributed by atoms with Crippen molar-refractivity contribution in [1.82, 2.24) is 39.2 Å². The summed E-state index contributed by atoms with van der Waals surface area (Å²) in [7, 11) is 2.15. The average Bonchev–Trinajstić information content (AvgIpc) is 3.25. The Bertz CT molecular complexity index is 1670. The normalized spacial score (nSPS) is 14.0. The van der Waals surface area contributed by atoms with Crippen molar-refractivity contribution < 1.29 is 0 Å². The summed E-state index contributed by atoms with van der Waals surface area (Å²) >= 11 is 0. The minimum atomic E-state index is -0.210. The minimum absolute atomic E-state index is 0.210. The standard InChI is InChI=1S/C28H28N10O/c1-3-10-37-27(39)24-18-32-28(33-21-4-6-22(7-5-21)36-13-11-35(2)12-14-36)34-26(24)38(37)23-15-20(16-30-17-23)25-19-29-8-9-31-25/h3-9,15-19H,1,10-14H2,2H3,(H,32,33,34). The number of aromatic nitrogens is 7. The van der Waals surface area contributed by atoms with Gasteiger partial charge in [-0.1, -0.05) is 6.08 Å². The van der Waals surface area contributed by atoms with Crippen LogP contribution in [0.1, 0.15) is 0 Å². The van der Waals surface area contributed by atoms with Crippen molar-refractivity contribution in [3.8, 4) is 16.9 Å². The maximum absolute atomic E-state index is 13.3. The van der Waals surface area contributed by atoms with E-state index < -0.39 is 0 Å². The number of hydrogen-bond acceptors (Lipinski definition) is 9. The van der Waals surface area contributed by atoms with E-state index in [9.17, 15) is 4.79 Å². The van der Waals surface area contributed by atoms with Gasteiger partial charge in [-0.05, 0) is 37.4 Å². The molecule has 0 unspecified atom stereocenters. The highest BCUT2D eigenvalue weighted by Crippen LogP contribution is 2.24. The van der Waals surface area contributed by atoms with E-state index in [1.165, 1.54) is 5.69 Å².